The summed E-state index contributed by atoms with van der Waals surface area (Å²) >= 11 is 0. The smallest absolute Gasteiger partial charge is 0.396 e. The van der Waals surface area contributed by atoms with Crippen LogP contribution in [0.4, 0.5) is 38.0 Å². The van der Waals surface area contributed by atoms with E-state index in [0.717, 1.165) is 12.1 Å². The molecule has 2 fully saturated rings. The maximum absolute atomic E-state index is 13.6. The number of rotatable bonds is 7. The molecule has 0 saturated carbocycles. The number of carbonyl (C=O) groups excluding carboxylic acids is 1. The fourth-order valence-corrected chi connectivity index (χ4v) is 4.44. The molecule has 2 aliphatic rings. The van der Waals surface area contributed by atoms with Crippen LogP contribution in [0.1, 0.15) is 36.2 Å². The Bertz CT molecular complexity index is 1080. The van der Waals surface area contributed by atoms with Crippen molar-refractivity contribution in [3.8, 4) is 0 Å². The molecule has 13 heteroatoms. The van der Waals surface area contributed by atoms with Crippen molar-refractivity contribution in [2.45, 2.75) is 44.1 Å². The highest BCUT2D eigenvalue weighted by Crippen LogP contribution is 2.34. The van der Waals surface area contributed by atoms with Gasteiger partial charge in [0, 0.05) is 38.9 Å². The highest BCUT2D eigenvalue weighted by atomic mass is 19.4. The fourth-order valence-electron chi connectivity index (χ4n) is 4.44. The average Bonchev–Trinajstić information content (AvgIpc) is 2.82. The van der Waals surface area contributed by atoms with Crippen LogP contribution in [-0.2, 0) is 23.6 Å². The Labute approximate surface area is 209 Å². The van der Waals surface area contributed by atoms with Gasteiger partial charge in [-0.05, 0) is 49.3 Å². The molecule has 0 aliphatic carbocycles. The molecule has 2 aliphatic heterocycles. The first-order chi connectivity index (χ1) is 17.5. The molecule has 202 valence electrons. The Morgan fingerprint density at radius 2 is 1.59 bits per heavy atom. The van der Waals surface area contributed by atoms with Gasteiger partial charge in [-0.1, -0.05) is 12.1 Å². The third kappa shape index (κ3) is 6.43. The van der Waals surface area contributed by atoms with Crippen molar-refractivity contribution in [3.63, 3.8) is 0 Å². The summed E-state index contributed by atoms with van der Waals surface area (Å²) in [5.41, 5.74) is -0.149. The lowest BCUT2D eigenvalue weighted by Gasteiger charge is -2.41. The number of amides is 1. The Morgan fingerprint density at radius 3 is 2.14 bits per heavy atom. The van der Waals surface area contributed by atoms with Crippen LogP contribution < -0.4 is 15.1 Å². The van der Waals surface area contributed by atoms with Crippen molar-refractivity contribution < 1.29 is 36.2 Å². The van der Waals surface area contributed by atoms with E-state index in [2.05, 4.69) is 15.3 Å². The number of carbonyl (C=O) groups is 1. The SMILES string of the molecule is O=C(NCCc1ccc(C(F)(F)F)cc1)C1CCN1c1cc(N2CCC(CO)CC2)nc(C(F)(F)F)n1. The van der Waals surface area contributed by atoms with Gasteiger partial charge < -0.3 is 20.2 Å². The molecule has 4 rings (SSSR count). The minimum atomic E-state index is -4.77. The molecule has 0 radical (unpaired) electrons. The summed E-state index contributed by atoms with van der Waals surface area (Å²) in [5, 5.41) is 12.0. The third-order valence-electron chi connectivity index (χ3n) is 6.76. The summed E-state index contributed by atoms with van der Waals surface area (Å²) in [6.07, 6.45) is -7.21. The van der Waals surface area contributed by atoms with Crippen molar-refractivity contribution in [2.75, 3.05) is 42.6 Å². The number of nitrogens with one attached hydrogen (secondary N) is 1. The number of alkyl halides is 6. The quantitative estimate of drug-likeness (QED) is 0.531. The number of anilines is 2. The van der Waals surface area contributed by atoms with E-state index in [1.807, 2.05) is 0 Å². The van der Waals surface area contributed by atoms with Gasteiger partial charge in [0.1, 0.15) is 17.7 Å². The first kappa shape index (κ1) is 27.0. The van der Waals surface area contributed by atoms with Crippen LogP contribution in [0.2, 0.25) is 0 Å². The van der Waals surface area contributed by atoms with Gasteiger partial charge in [-0.25, -0.2) is 9.97 Å². The van der Waals surface area contributed by atoms with Gasteiger partial charge in [0.05, 0.1) is 5.56 Å². The number of hydrogen-bond acceptors (Lipinski definition) is 6. The van der Waals surface area contributed by atoms with Crippen molar-refractivity contribution in [3.05, 3.63) is 47.3 Å². The van der Waals surface area contributed by atoms with E-state index in [0.29, 0.717) is 50.9 Å². The Morgan fingerprint density at radius 1 is 0.946 bits per heavy atom. The van der Waals surface area contributed by atoms with E-state index >= 15 is 0 Å². The second-order valence-corrected chi connectivity index (χ2v) is 9.25. The third-order valence-corrected chi connectivity index (χ3v) is 6.76. The summed E-state index contributed by atoms with van der Waals surface area (Å²) < 4.78 is 78.7. The molecule has 1 atom stereocenters. The van der Waals surface area contributed by atoms with E-state index < -0.39 is 35.7 Å². The predicted octanol–water partition coefficient (Wildman–Crippen LogP) is 3.66. The van der Waals surface area contributed by atoms with E-state index in [-0.39, 0.29) is 30.7 Å². The van der Waals surface area contributed by atoms with E-state index in [1.54, 1.807) is 4.90 Å². The average molecular weight is 532 g/mol. The molecule has 1 unspecified atom stereocenters. The van der Waals surface area contributed by atoms with Crippen LogP contribution in [0.5, 0.6) is 0 Å². The van der Waals surface area contributed by atoms with Gasteiger partial charge in [0.2, 0.25) is 11.7 Å². The second-order valence-electron chi connectivity index (χ2n) is 9.25. The number of nitrogens with zero attached hydrogens (tertiary/aromatic N) is 4. The molecule has 1 aromatic carbocycles. The highest BCUT2D eigenvalue weighted by molar-refractivity contribution is 5.86. The lowest BCUT2D eigenvalue weighted by molar-refractivity contribution is -0.144. The van der Waals surface area contributed by atoms with Gasteiger partial charge >= 0.3 is 12.4 Å². The standard InChI is InChI=1S/C24H27F6N5O2/c25-23(26,27)17-3-1-15(2-4-17)5-9-31-21(37)18-8-12-35(18)20-13-19(32-22(33-20)24(28,29)30)34-10-6-16(14-36)7-11-34/h1-4,13,16,18,36H,5-12,14H2,(H,31,37). The second kappa shape index (κ2) is 10.7. The van der Waals surface area contributed by atoms with Crippen molar-refractivity contribution >= 4 is 17.5 Å². The number of halogens is 6. The number of piperidine rings is 1. The van der Waals surface area contributed by atoms with Crippen LogP contribution in [-0.4, -0.2) is 59.8 Å². The first-order valence-electron chi connectivity index (χ1n) is 12.0. The van der Waals surface area contributed by atoms with Crippen LogP contribution in [0.3, 0.4) is 0 Å². The van der Waals surface area contributed by atoms with Gasteiger partial charge in [0.15, 0.2) is 0 Å². The molecular formula is C24H27F6N5O2. The largest absolute Gasteiger partial charge is 0.451 e. The number of aromatic nitrogens is 2. The van der Waals surface area contributed by atoms with Crippen LogP contribution in [0.15, 0.2) is 30.3 Å². The Kier molecular flexibility index (Phi) is 7.81. The highest BCUT2D eigenvalue weighted by Gasteiger charge is 2.40. The fraction of sp³-hybridized carbons (Fsp3) is 0.542. The minimum Gasteiger partial charge on any atom is -0.396 e. The summed E-state index contributed by atoms with van der Waals surface area (Å²) in [4.78, 5) is 23.4. The Balaban J connectivity index is 1.41. The molecule has 3 heterocycles. The minimum absolute atomic E-state index is 0.00995. The molecule has 2 saturated heterocycles. The zero-order chi connectivity index (χ0) is 26.8. The number of benzene rings is 1. The van der Waals surface area contributed by atoms with Gasteiger partial charge in [-0.2, -0.15) is 26.3 Å². The van der Waals surface area contributed by atoms with E-state index in [1.165, 1.54) is 23.1 Å². The van der Waals surface area contributed by atoms with Gasteiger partial charge in [-0.15, -0.1) is 0 Å². The number of hydrogen-bond donors (Lipinski definition) is 2. The Hall–Kier alpha value is -3.09. The molecule has 1 aromatic heterocycles. The topological polar surface area (TPSA) is 81.6 Å². The molecule has 37 heavy (non-hydrogen) atoms. The first-order valence-corrected chi connectivity index (χ1v) is 12.0. The van der Waals surface area contributed by atoms with Crippen LogP contribution >= 0.6 is 0 Å². The summed E-state index contributed by atoms with van der Waals surface area (Å²) in [6.45, 7) is 1.44. The van der Waals surface area contributed by atoms with Crippen LogP contribution in [0, 0.1) is 5.92 Å². The molecule has 7 nitrogen and oxygen atoms in total. The monoisotopic (exact) mass is 531 g/mol. The molecule has 2 N–H and O–H groups in total. The van der Waals surface area contributed by atoms with Gasteiger partial charge in [-0.3, -0.25) is 4.79 Å². The normalized spacial score (nSPS) is 19.1. The maximum Gasteiger partial charge on any atom is 0.451 e. The lowest BCUT2D eigenvalue weighted by atomic mass is 9.98. The maximum atomic E-state index is 13.6. The molecule has 2 aromatic rings. The molecular weight excluding hydrogens is 504 g/mol. The molecule has 0 spiro atoms. The predicted molar refractivity (Wildman–Crippen MR) is 123 cm³/mol. The van der Waals surface area contributed by atoms with Crippen molar-refractivity contribution in [2.24, 2.45) is 5.92 Å². The summed E-state index contributed by atoms with van der Waals surface area (Å²) in [6, 6.07) is 5.38. The lowest BCUT2D eigenvalue weighted by Crippen LogP contribution is -2.57. The summed E-state index contributed by atoms with van der Waals surface area (Å²) in [7, 11) is 0. The van der Waals surface area contributed by atoms with Gasteiger partial charge in [0.25, 0.3) is 0 Å². The zero-order valence-corrected chi connectivity index (χ0v) is 19.8. The molecule has 0 bridgehead atoms. The number of aliphatic hydroxyl groups excluding tert-OH is 1. The summed E-state index contributed by atoms with van der Waals surface area (Å²) in [5.74, 6) is -1.43. The van der Waals surface area contributed by atoms with Crippen molar-refractivity contribution in [1.82, 2.24) is 15.3 Å². The number of aliphatic hydroxyl groups is 1. The van der Waals surface area contributed by atoms with Crippen molar-refractivity contribution in [1.29, 1.82) is 0 Å². The molecule has 1 amide bonds. The zero-order valence-electron chi connectivity index (χ0n) is 19.8. The van der Waals surface area contributed by atoms with Crippen LogP contribution in [0.25, 0.3) is 0 Å². The van der Waals surface area contributed by atoms with E-state index in [4.69, 9.17) is 0 Å². The van der Waals surface area contributed by atoms with E-state index in [9.17, 15) is 36.2 Å².